The number of aromatic nitrogens is 4. The molecule has 0 saturated heterocycles. The summed E-state index contributed by atoms with van der Waals surface area (Å²) in [6, 6.07) is 0. The van der Waals surface area contributed by atoms with Gasteiger partial charge in [0.05, 0.1) is 5.69 Å². The molecule has 0 unspecified atom stereocenters. The summed E-state index contributed by atoms with van der Waals surface area (Å²) in [4.78, 5) is 18.8. The lowest BCUT2D eigenvalue weighted by Crippen LogP contribution is -2.16. The Balaban J connectivity index is 2.80. The van der Waals surface area contributed by atoms with E-state index in [1.54, 1.807) is 6.92 Å². The third-order valence-corrected chi connectivity index (χ3v) is 1.83. The van der Waals surface area contributed by atoms with E-state index in [4.69, 9.17) is 11.5 Å². The number of nitrogens with two attached hydrogens (primary N) is 2. The molecule has 0 bridgehead atoms. The molecule has 0 aliphatic carbocycles. The van der Waals surface area contributed by atoms with Gasteiger partial charge in [-0.05, 0) is 6.92 Å². The maximum absolute atomic E-state index is 10.9. The number of hydrogen-bond acceptors (Lipinski definition) is 5. The Kier molecular flexibility index (Phi) is 1.60. The number of fused-ring (bicyclic) bond motifs is 1. The predicted molar refractivity (Wildman–Crippen MR) is 49.4 cm³/mol. The molecule has 0 fully saturated rings. The standard InChI is InChI=1S/C7H8N6O/c1-2-3-7(13-12-2)11-5(8)4(10-3)6(9)14/h1H3,(H2,9,14)(H3,8,11,12,13). The number of primary amides is 1. The number of amides is 1. The highest BCUT2D eigenvalue weighted by Crippen LogP contribution is 2.14. The Hall–Kier alpha value is -2.18. The molecule has 0 spiro atoms. The van der Waals surface area contributed by atoms with Crippen LogP contribution in [0.5, 0.6) is 0 Å². The summed E-state index contributed by atoms with van der Waals surface area (Å²) in [7, 11) is 0. The van der Waals surface area contributed by atoms with E-state index < -0.39 is 5.91 Å². The number of aromatic amines is 1. The number of nitrogens with zero attached hydrogens (tertiary/aromatic N) is 3. The van der Waals surface area contributed by atoms with Gasteiger partial charge in [0.15, 0.2) is 17.2 Å². The summed E-state index contributed by atoms with van der Waals surface area (Å²) in [5, 5.41) is 6.52. The third kappa shape index (κ3) is 1.06. The fourth-order valence-electron chi connectivity index (χ4n) is 1.15. The van der Waals surface area contributed by atoms with Crippen LogP contribution in [0.4, 0.5) is 5.82 Å². The van der Waals surface area contributed by atoms with Crippen molar-refractivity contribution < 1.29 is 4.79 Å². The number of H-pyrrole nitrogens is 1. The molecule has 0 aliphatic rings. The number of hydrogen-bond donors (Lipinski definition) is 3. The predicted octanol–water partition coefficient (Wildman–Crippen LogP) is -0.658. The van der Waals surface area contributed by atoms with E-state index in [1.165, 1.54) is 0 Å². The lowest BCUT2D eigenvalue weighted by atomic mass is 10.3. The summed E-state index contributed by atoms with van der Waals surface area (Å²) in [6.07, 6.45) is 0. The van der Waals surface area contributed by atoms with Crippen molar-refractivity contribution in [2.45, 2.75) is 6.92 Å². The highest BCUT2D eigenvalue weighted by Gasteiger charge is 2.13. The summed E-state index contributed by atoms with van der Waals surface area (Å²) in [5.41, 5.74) is 12.1. The number of anilines is 1. The van der Waals surface area contributed by atoms with Crippen LogP contribution in [0.2, 0.25) is 0 Å². The first-order valence-electron chi connectivity index (χ1n) is 3.87. The Bertz CT molecular complexity index is 516. The van der Waals surface area contributed by atoms with Crippen LogP contribution in [0.15, 0.2) is 0 Å². The molecular formula is C7H8N6O. The van der Waals surface area contributed by atoms with Crippen molar-refractivity contribution in [3.63, 3.8) is 0 Å². The van der Waals surface area contributed by atoms with Crippen LogP contribution in [0.25, 0.3) is 11.2 Å². The van der Waals surface area contributed by atoms with E-state index in [1.807, 2.05) is 0 Å². The minimum Gasteiger partial charge on any atom is -0.382 e. The smallest absolute Gasteiger partial charge is 0.271 e. The van der Waals surface area contributed by atoms with Gasteiger partial charge in [0.25, 0.3) is 5.91 Å². The Morgan fingerprint density at radius 1 is 1.43 bits per heavy atom. The van der Waals surface area contributed by atoms with Crippen LogP contribution in [0, 0.1) is 6.92 Å². The van der Waals surface area contributed by atoms with E-state index in [2.05, 4.69) is 20.2 Å². The Morgan fingerprint density at radius 2 is 2.14 bits per heavy atom. The average molecular weight is 192 g/mol. The summed E-state index contributed by atoms with van der Waals surface area (Å²) < 4.78 is 0. The molecule has 0 aliphatic heterocycles. The maximum Gasteiger partial charge on any atom is 0.271 e. The first-order chi connectivity index (χ1) is 6.59. The Labute approximate surface area is 78.5 Å². The largest absolute Gasteiger partial charge is 0.382 e. The lowest BCUT2D eigenvalue weighted by Gasteiger charge is -1.98. The zero-order valence-corrected chi connectivity index (χ0v) is 7.40. The van der Waals surface area contributed by atoms with Crippen LogP contribution in [0.3, 0.4) is 0 Å². The molecule has 14 heavy (non-hydrogen) atoms. The van der Waals surface area contributed by atoms with E-state index >= 15 is 0 Å². The molecule has 2 aromatic rings. The van der Waals surface area contributed by atoms with Gasteiger partial charge in [0.1, 0.15) is 5.52 Å². The van der Waals surface area contributed by atoms with Crippen molar-refractivity contribution in [3.05, 3.63) is 11.4 Å². The summed E-state index contributed by atoms with van der Waals surface area (Å²) in [5.74, 6) is -0.689. The highest BCUT2D eigenvalue weighted by atomic mass is 16.1. The summed E-state index contributed by atoms with van der Waals surface area (Å²) in [6.45, 7) is 1.74. The van der Waals surface area contributed by atoms with Crippen molar-refractivity contribution >= 4 is 22.9 Å². The van der Waals surface area contributed by atoms with E-state index in [0.29, 0.717) is 16.9 Å². The number of aryl methyl sites for hydroxylation is 1. The highest BCUT2D eigenvalue weighted by molar-refractivity contribution is 5.97. The topological polar surface area (TPSA) is 124 Å². The number of rotatable bonds is 1. The number of nitrogen functional groups attached to an aromatic ring is 1. The van der Waals surface area contributed by atoms with Gasteiger partial charge in [-0.2, -0.15) is 5.10 Å². The normalized spacial score (nSPS) is 10.6. The van der Waals surface area contributed by atoms with E-state index in [-0.39, 0.29) is 11.5 Å². The monoisotopic (exact) mass is 192 g/mol. The SMILES string of the molecule is Cc1n[nH]c2nc(N)c(C(N)=O)nc12. The van der Waals surface area contributed by atoms with Crippen LogP contribution in [0.1, 0.15) is 16.2 Å². The molecule has 0 atom stereocenters. The fraction of sp³-hybridized carbons (Fsp3) is 0.143. The van der Waals surface area contributed by atoms with E-state index in [0.717, 1.165) is 0 Å². The molecule has 2 aromatic heterocycles. The molecule has 72 valence electrons. The molecule has 2 heterocycles. The molecule has 5 N–H and O–H groups in total. The first-order valence-corrected chi connectivity index (χ1v) is 3.87. The lowest BCUT2D eigenvalue weighted by molar-refractivity contribution is 0.0996. The van der Waals surface area contributed by atoms with Gasteiger partial charge in [-0.1, -0.05) is 0 Å². The van der Waals surface area contributed by atoms with Gasteiger partial charge in [-0.25, -0.2) is 9.97 Å². The molecule has 1 amide bonds. The second-order valence-electron chi connectivity index (χ2n) is 2.83. The molecule has 0 radical (unpaired) electrons. The van der Waals surface area contributed by atoms with Crippen LogP contribution >= 0.6 is 0 Å². The second-order valence-corrected chi connectivity index (χ2v) is 2.83. The van der Waals surface area contributed by atoms with Crippen LogP contribution < -0.4 is 11.5 Å². The van der Waals surface area contributed by atoms with Crippen molar-refractivity contribution in [2.24, 2.45) is 5.73 Å². The summed E-state index contributed by atoms with van der Waals surface area (Å²) >= 11 is 0. The van der Waals surface area contributed by atoms with Crippen LogP contribution in [-0.4, -0.2) is 26.1 Å². The molecular weight excluding hydrogens is 184 g/mol. The number of carbonyl (C=O) groups is 1. The van der Waals surface area contributed by atoms with Gasteiger partial charge < -0.3 is 11.5 Å². The van der Waals surface area contributed by atoms with Crippen molar-refractivity contribution in [1.82, 2.24) is 20.2 Å². The average Bonchev–Trinajstić information content (AvgIpc) is 2.46. The zero-order valence-electron chi connectivity index (χ0n) is 7.40. The molecule has 0 aromatic carbocycles. The number of nitrogens with one attached hydrogen (secondary N) is 1. The zero-order chi connectivity index (χ0) is 10.3. The molecule has 7 heteroatoms. The van der Waals surface area contributed by atoms with Crippen molar-refractivity contribution in [2.75, 3.05) is 5.73 Å². The molecule has 7 nitrogen and oxygen atoms in total. The first kappa shape index (κ1) is 8.42. The number of carbonyl (C=O) groups excluding carboxylic acids is 1. The minimum absolute atomic E-state index is 0.00801. The van der Waals surface area contributed by atoms with Gasteiger partial charge in [0.2, 0.25) is 0 Å². The van der Waals surface area contributed by atoms with Gasteiger partial charge in [-0.15, -0.1) is 0 Å². The Morgan fingerprint density at radius 3 is 2.79 bits per heavy atom. The van der Waals surface area contributed by atoms with Gasteiger partial charge in [-0.3, -0.25) is 9.89 Å². The van der Waals surface area contributed by atoms with Gasteiger partial charge in [0, 0.05) is 0 Å². The molecule has 0 saturated carbocycles. The third-order valence-electron chi connectivity index (χ3n) is 1.83. The second kappa shape index (κ2) is 2.66. The molecule has 2 rings (SSSR count). The van der Waals surface area contributed by atoms with Crippen molar-refractivity contribution in [1.29, 1.82) is 0 Å². The van der Waals surface area contributed by atoms with Crippen molar-refractivity contribution in [3.8, 4) is 0 Å². The van der Waals surface area contributed by atoms with E-state index in [9.17, 15) is 4.79 Å². The van der Waals surface area contributed by atoms with Gasteiger partial charge >= 0.3 is 0 Å². The van der Waals surface area contributed by atoms with Crippen LogP contribution in [-0.2, 0) is 0 Å². The maximum atomic E-state index is 10.9. The fourth-order valence-corrected chi connectivity index (χ4v) is 1.15. The quantitative estimate of drug-likeness (QED) is 0.553. The minimum atomic E-state index is -0.697.